The Morgan fingerprint density at radius 2 is 2.07 bits per heavy atom. The van der Waals surface area contributed by atoms with Crippen molar-refractivity contribution < 1.29 is 4.74 Å². The van der Waals surface area contributed by atoms with Crippen LogP contribution in [0.5, 0.6) is 0 Å². The first-order chi connectivity index (χ1) is 6.74. The quantitative estimate of drug-likeness (QED) is 0.569. The summed E-state index contributed by atoms with van der Waals surface area (Å²) in [6.45, 7) is 1.49. The zero-order chi connectivity index (χ0) is 10.4. The van der Waals surface area contributed by atoms with E-state index in [9.17, 15) is 0 Å². The normalized spacial score (nSPS) is 9.79. The third kappa shape index (κ3) is 3.32. The molecule has 0 fully saturated rings. The van der Waals surface area contributed by atoms with Gasteiger partial charge in [0.05, 0.1) is 6.61 Å². The van der Waals surface area contributed by atoms with Crippen molar-refractivity contribution in [3.05, 3.63) is 29.8 Å². The predicted octanol–water partition coefficient (Wildman–Crippen LogP) is 1.38. The number of thiocarbonyl (C=S) groups is 1. The van der Waals surface area contributed by atoms with Gasteiger partial charge in [-0.3, -0.25) is 0 Å². The molecule has 4 heteroatoms. The number of hydrogen-bond acceptors (Lipinski definition) is 3. The van der Waals surface area contributed by atoms with Crippen molar-refractivity contribution in [2.45, 2.75) is 0 Å². The van der Waals surface area contributed by atoms with E-state index in [1.54, 1.807) is 7.11 Å². The summed E-state index contributed by atoms with van der Waals surface area (Å²) in [5.74, 6) is 0. The van der Waals surface area contributed by atoms with Crippen LogP contribution in [0.3, 0.4) is 0 Å². The molecule has 0 radical (unpaired) electrons. The monoisotopic (exact) mass is 210 g/mol. The number of benzene rings is 1. The van der Waals surface area contributed by atoms with Crippen LogP contribution in [-0.4, -0.2) is 25.2 Å². The summed E-state index contributed by atoms with van der Waals surface area (Å²) in [6.07, 6.45) is 0. The van der Waals surface area contributed by atoms with Gasteiger partial charge in [0.2, 0.25) is 0 Å². The lowest BCUT2D eigenvalue weighted by atomic mass is 10.2. The molecule has 0 saturated carbocycles. The Balaban J connectivity index is 2.51. The highest BCUT2D eigenvalue weighted by Crippen LogP contribution is 2.08. The van der Waals surface area contributed by atoms with Crippen molar-refractivity contribution in [1.82, 2.24) is 0 Å². The van der Waals surface area contributed by atoms with E-state index in [2.05, 4.69) is 5.32 Å². The molecule has 0 atom stereocenters. The molecule has 3 nitrogen and oxygen atoms in total. The average molecular weight is 210 g/mol. The average Bonchev–Trinajstić information content (AvgIpc) is 2.19. The minimum absolute atomic E-state index is 0.424. The first-order valence-corrected chi connectivity index (χ1v) is 4.77. The largest absolute Gasteiger partial charge is 0.389 e. The molecule has 0 unspecified atom stereocenters. The number of rotatable bonds is 5. The molecule has 0 bridgehead atoms. The Bertz CT molecular complexity index is 297. The van der Waals surface area contributed by atoms with Gasteiger partial charge in [0.25, 0.3) is 0 Å². The fraction of sp³-hybridized carbons (Fsp3) is 0.300. The Morgan fingerprint density at radius 3 is 2.57 bits per heavy atom. The fourth-order valence-electron chi connectivity index (χ4n) is 1.05. The van der Waals surface area contributed by atoms with Crippen LogP contribution in [0.15, 0.2) is 24.3 Å². The molecule has 76 valence electrons. The minimum atomic E-state index is 0.424. The summed E-state index contributed by atoms with van der Waals surface area (Å²) in [6, 6.07) is 7.70. The van der Waals surface area contributed by atoms with Crippen molar-refractivity contribution in [3.8, 4) is 0 Å². The standard InChI is InChI=1S/C10H14N2OS/c1-13-7-6-12-9-4-2-8(3-5-9)10(11)14/h2-5,12H,6-7H2,1H3,(H2,11,14). The van der Waals surface area contributed by atoms with Crippen LogP contribution in [0.25, 0.3) is 0 Å². The van der Waals surface area contributed by atoms with Gasteiger partial charge >= 0.3 is 0 Å². The third-order valence-corrected chi connectivity index (χ3v) is 2.04. The highest BCUT2D eigenvalue weighted by molar-refractivity contribution is 7.80. The molecule has 0 aliphatic carbocycles. The molecule has 3 N–H and O–H groups in total. The summed E-state index contributed by atoms with van der Waals surface area (Å²) in [5.41, 5.74) is 7.41. The van der Waals surface area contributed by atoms with Crippen LogP contribution >= 0.6 is 12.2 Å². The second-order valence-corrected chi connectivity index (χ2v) is 3.30. The van der Waals surface area contributed by atoms with Crippen LogP contribution in [0, 0.1) is 0 Å². The third-order valence-electron chi connectivity index (χ3n) is 1.80. The van der Waals surface area contributed by atoms with Gasteiger partial charge < -0.3 is 15.8 Å². The number of anilines is 1. The van der Waals surface area contributed by atoms with E-state index in [4.69, 9.17) is 22.7 Å². The van der Waals surface area contributed by atoms with E-state index in [0.29, 0.717) is 11.6 Å². The van der Waals surface area contributed by atoms with Gasteiger partial charge in [-0.25, -0.2) is 0 Å². The maximum Gasteiger partial charge on any atom is 0.103 e. The van der Waals surface area contributed by atoms with Gasteiger partial charge in [0, 0.05) is 24.9 Å². The van der Waals surface area contributed by atoms with Gasteiger partial charge in [-0.05, 0) is 24.3 Å². The van der Waals surface area contributed by atoms with Gasteiger partial charge in [-0.1, -0.05) is 12.2 Å². The lowest BCUT2D eigenvalue weighted by Gasteiger charge is -2.06. The Hall–Kier alpha value is -1.13. The number of nitrogens with two attached hydrogens (primary N) is 1. The summed E-state index contributed by atoms with van der Waals surface area (Å²) in [4.78, 5) is 0.424. The highest BCUT2D eigenvalue weighted by atomic mass is 32.1. The van der Waals surface area contributed by atoms with Crippen LogP contribution in [-0.2, 0) is 4.74 Å². The first kappa shape index (κ1) is 10.9. The lowest BCUT2D eigenvalue weighted by Crippen LogP contribution is -2.10. The number of nitrogens with one attached hydrogen (secondary N) is 1. The first-order valence-electron chi connectivity index (χ1n) is 4.36. The summed E-state index contributed by atoms with van der Waals surface area (Å²) in [5, 5.41) is 3.20. The van der Waals surface area contributed by atoms with Crippen molar-refractivity contribution in [3.63, 3.8) is 0 Å². The predicted molar refractivity (Wildman–Crippen MR) is 62.7 cm³/mol. The lowest BCUT2D eigenvalue weighted by molar-refractivity contribution is 0.211. The van der Waals surface area contributed by atoms with E-state index in [0.717, 1.165) is 17.8 Å². The van der Waals surface area contributed by atoms with E-state index in [1.165, 1.54) is 0 Å². The van der Waals surface area contributed by atoms with Crippen LogP contribution in [0.1, 0.15) is 5.56 Å². The highest BCUT2D eigenvalue weighted by Gasteiger charge is 1.95. The number of methoxy groups -OCH3 is 1. The van der Waals surface area contributed by atoms with Crippen LogP contribution in [0.4, 0.5) is 5.69 Å². The van der Waals surface area contributed by atoms with Crippen molar-refractivity contribution in [1.29, 1.82) is 0 Å². The molecule has 0 heterocycles. The smallest absolute Gasteiger partial charge is 0.103 e. The Kier molecular flexibility index (Phi) is 4.35. The van der Waals surface area contributed by atoms with E-state index in [-0.39, 0.29) is 0 Å². The molecule has 0 aliphatic heterocycles. The van der Waals surface area contributed by atoms with Crippen LogP contribution in [0.2, 0.25) is 0 Å². The molecule has 0 aromatic heterocycles. The van der Waals surface area contributed by atoms with Crippen molar-refractivity contribution in [2.24, 2.45) is 5.73 Å². The summed E-state index contributed by atoms with van der Waals surface area (Å²) >= 11 is 4.85. The van der Waals surface area contributed by atoms with Gasteiger partial charge in [0.15, 0.2) is 0 Å². The number of ether oxygens (including phenoxy) is 1. The molecule has 14 heavy (non-hydrogen) atoms. The molecule has 1 aromatic carbocycles. The molecule has 1 rings (SSSR count). The SMILES string of the molecule is COCCNc1ccc(C(N)=S)cc1. The van der Waals surface area contributed by atoms with Crippen molar-refractivity contribution in [2.75, 3.05) is 25.6 Å². The maximum absolute atomic E-state index is 5.48. The van der Waals surface area contributed by atoms with Crippen LogP contribution < -0.4 is 11.1 Å². The second-order valence-electron chi connectivity index (χ2n) is 2.86. The summed E-state index contributed by atoms with van der Waals surface area (Å²) in [7, 11) is 1.68. The molecular weight excluding hydrogens is 196 g/mol. The van der Waals surface area contributed by atoms with Gasteiger partial charge in [0.1, 0.15) is 4.99 Å². The molecule has 1 aromatic rings. The molecule has 0 aliphatic rings. The summed E-state index contributed by atoms with van der Waals surface area (Å²) < 4.78 is 4.92. The van der Waals surface area contributed by atoms with E-state index in [1.807, 2.05) is 24.3 Å². The molecular formula is C10H14N2OS. The Labute approximate surface area is 89.3 Å². The van der Waals surface area contributed by atoms with E-state index >= 15 is 0 Å². The number of hydrogen-bond donors (Lipinski definition) is 2. The molecule has 0 amide bonds. The fourth-order valence-corrected chi connectivity index (χ4v) is 1.19. The second kappa shape index (κ2) is 5.57. The van der Waals surface area contributed by atoms with Gasteiger partial charge in [-0.15, -0.1) is 0 Å². The topological polar surface area (TPSA) is 47.3 Å². The minimum Gasteiger partial charge on any atom is -0.389 e. The van der Waals surface area contributed by atoms with E-state index < -0.39 is 0 Å². The zero-order valence-corrected chi connectivity index (χ0v) is 8.93. The zero-order valence-electron chi connectivity index (χ0n) is 8.12. The Morgan fingerprint density at radius 1 is 1.43 bits per heavy atom. The molecule has 0 saturated heterocycles. The molecule has 0 spiro atoms. The maximum atomic E-state index is 5.48. The van der Waals surface area contributed by atoms with Gasteiger partial charge in [-0.2, -0.15) is 0 Å². The van der Waals surface area contributed by atoms with Crippen molar-refractivity contribution >= 4 is 22.9 Å².